The van der Waals surface area contributed by atoms with Crippen LogP contribution in [0.1, 0.15) is 36.7 Å². The number of nitrogens with one attached hydrogen (secondary N) is 2. The van der Waals surface area contributed by atoms with Crippen LogP contribution < -0.4 is 10.6 Å². The van der Waals surface area contributed by atoms with E-state index in [1.165, 1.54) is 0 Å². The van der Waals surface area contributed by atoms with Crippen LogP contribution in [-0.2, 0) is 31.5 Å². The number of carbonyl (C=O) groups is 1. The van der Waals surface area contributed by atoms with Crippen molar-refractivity contribution in [2.45, 2.75) is 39.4 Å². The molecule has 152 valence electrons. The molecule has 1 amide bonds. The molecule has 8 nitrogen and oxygen atoms in total. The Labute approximate surface area is 182 Å². The second-order valence-electron chi connectivity index (χ2n) is 6.58. The topological polar surface area (TPSA) is 87.4 Å². The predicted molar refractivity (Wildman–Crippen MR) is 119 cm³/mol. The number of likely N-dealkylation sites (tertiary alicyclic amines) is 1. The molecule has 1 fully saturated rings. The van der Waals surface area contributed by atoms with Gasteiger partial charge in [-0.15, -0.1) is 24.0 Å². The number of hydrogen-bond acceptors (Lipinski definition) is 4. The lowest BCUT2D eigenvalue weighted by atomic mass is 10.1. The Kier molecular flexibility index (Phi) is 8.68. The molecule has 0 aliphatic carbocycles. The molecule has 1 aliphatic heterocycles. The summed E-state index contributed by atoms with van der Waals surface area (Å²) in [5, 5.41) is 10.6. The van der Waals surface area contributed by atoms with Gasteiger partial charge >= 0.3 is 0 Å². The van der Waals surface area contributed by atoms with E-state index >= 15 is 0 Å². The second-order valence-corrected chi connectivity index (χ2v) is 6.58. The van der Waals surface area contributed by atoms with Gasteiger partial charge in [0.25, 0.3) is 0 Å². The van der Waals surface area contributed by atoms with Crippen LogP contribution in [0.4, 0.5) is 0 Å². The molecule has 0 spiro atoms. The third-order valence-electron chi connectivity index (χ3n) is 4.55. The van der Waals surface area contributed by atoms with E-state index in [9.17, 15) is 4.79 Å². The minimum absolute atomic E-state index is 0. The highest BCUT2D eigenvalue weighted by Crippen LogP contribution is 2.15. The van der Waals surface area contributed by atoms with Gasteiger partial charge in [0, 0.05) is 33.1 Å². The first-order chi connectivity index (χ1) is 13.2. The number of aryl methyl sites for hydroxylation is 1. The van der Waals surface area contributed by atoms with Gasteiger partial charge in [0.1, 0.15) is 12.2 Å². The molecule has 3 rings (SSSR count). The van der Waals surface area contributed by atoms with Crippen molar-refractivity contribution in [3.8, 4) is 0 Å². The molecule has 1 saturated heterocycles. The van der Waals surface area contributed by atoms with Crippen molar-refractivity contribution in [2.75, 3.05) is 13.1 Å². The van der Waals surface area contributed by atoms with Crippen LogP contribution in [0.15, 0.2) is 35.6 Å². The molecule has 2 N–H and O–H groups in total. The van der Waals surface area contributed by atoms with Crippen molar-refractivity contribution in [1.82, 2.24) is 30.3 Å². The molecular formula is C19H28IN7O. The van der Waals surface area contributed by atoms with E-state index in [0.29, 0.717) is 26.1 Å². The van der Waals surface area contributed by atoms with E-state index in [4.69, 9.17) is 0 Å². The zero-order valence-electron chi connectivity index (χ0n) is 16.4. The maximum atomic E-state index is 11.7. The molecule has 1 aromatic carbocycles. The molecule has 2 heterocycles. The first kappa shape index (κ1) is 22.1. The molecule has 1 aromatic heterocycles. The quantitative estimate of drug-likeness (QED) is 0.346. The highest BCUT2D eigenvalue weighted by molar-refractivity contribution is 14.0. The standard InChI is InChI=1S/C19H27N7O.HI/c1-3-20-19(22-12-17-23-14-24-25(17)2)21-11-15-6-8-16(9-7-15)13-26-10-4-5-18(26)27;/h6-9,14H,3-5,10-13H2,1-2H3,(H2,20,21,22);1H. The summed E-state index contributed by atoms with van der Waals surface area (Å²) in [5.41, 5.74) is 2.28. The molecule has 0 saturated carbocycles. The summed E-state index contributed by atoms with van der Waals surface area (Å²) in [5.74, 6) is 1.85. The number of aliphatic imine (C=N–C) groups is 1. The minimum atomic E-state index is 0. The fraction of sp³-hybridized carbons (Fsp3) is 0.474. The number of amides is 1. The Bertz CT molecular complexity index is 788. The number of rotatable bonds is 7. The van der Waals surface area contributed by atoms with Crippen LogP contribution in [-0.4, -0.2) is 44.6 Å². The first-order valence-electron chi connectivity index (χ1n) is 9.36. The van der Waals surface area contributed by atoms with Crippen LogP contribution in [0.3, 0.4) is 0 Å². The van der Waals surface area contributed by atoms with Crippen molar-refractivity contribution in [3.63, 3.8) is 0 Å². The summed E-state index contributed by atoms with van der Waals surface area (Å²) in [4.78, 5) is 22.5. The zero-order valence-corrected chi connectivity index (χ0v) is 18.7. The monoisotopic (exact) mass is 497 g/mol. The average molecular weight is 497 g/mol. The SMILES string of the molecule is CCNC(=NCc1ccc(CN2CCCC2=O)cc1)NCc1ncnn1C.I. The van der Waals surface area contributed by atoms with Crippen molar-refractivity contribution in [3.05, 3.63) is 47.5 Å². The largest absolute Gasteiger partial charge is 0.357 e. The summed E-state index contributed by atoms with van der Waals surface area (Å²) in [6, 6.07) is 8.31. The Morgan fingerprint density at radius 2 is 1.96 bits per heavy atom. The molecule has 0 radical (unpaired) electrons. The van der Waals surface area contributed by atoms with Gasteiger partial charge in [-0.2, -0.15) is 5.10 Å². The fourth-order valence-electron chi connectivity index (χ4n) is 3.00. The van der Waals surface area contributed by atoms with Gasteiger partial charge in [-0.05, 0) is 24.5 Å². The maximum absolute atomic E-state index is 11.7. The van der Waals surface area contributed by atoms with Crippen LogP contribution >= 0.6 is 24.0 Å². The lowest BCUT2D eigenvalue weighted by molar-refractivity contribution is -0.128. The summed E-state index contributed by atoms with van der Waals surface area (Å²) in [6.07, 6.45) is 3.19. The number of guanidine groups is 1. The summed E-state index contributed by atoms with van der Waals surface area (Å²) >= 11 is 0. The van der Waals surface area contributed by atoms with Gasteiger partial charge in [-0.1, -0.05) is 24.3 Å². The Balaban J connectivity index is 0.00000280. The molecule has 0 atom stereocenters. The first-order valence-corrected chi connectivity index (χ1v) is 9.36. The number of benzene rings is 1. The van der Waals surface area contributed by atoms with Gasteiger partial charge in [0.2, 0.25) is 5.91 Å². The van der Waals surface area contributed by atoms with Crippen LogP contribution in [0.25, 0.3) is 0 Å². The lowest BCUT2D eigenvalue weighted by Crippen LogP contribution is -2.37. The van der Waals surface area contributed by atoms with Gasteiger partial charge in [0.15, 0.2) is 5.96 Å². The van der Waals surface area contributed by atoms with Gasteiger partial charge in [-0.3, -0.25) is 9.48 Å². The molecule has 9 heteroatoms. The van der Waals surface area contributed by atoms with E-state index in [1.54, 1.807) is 11.0 Å². The minimum Gasteiger partial charge on any atom is -0.357 e. The molecule has 0 bridgehead atoms. The summed E-state index contributed by atoms with van der Waals surface area (Å²) in [6.45, 7) is 5.53. The average Bonchev–Trinajstić information content (AvgIpc) is 3.27. The third-order valence-corrected chi connectivity index (χ3v) is 4.55. The zero-order chi connectivity index (χ0) is 19.1. The van der Waals surface area contributed by atoms with E-state index in [0.717, 1.165) is 42.4 Å². The van der Waals surface area contributed by atoms with E-state index in [1.807, 2.05) is 18.9 Å². The number of carbonyl (C=O) groups excluding carboxylic acids is 1. The smallest absolute Gasteiger partial charge is 0.222 e. The van der Waals surface area contributed by atoms with Crippen LogP contribution in [0.5, 0.6) is 0 Å². The Hall–Kier alpha value is -2.17. The predicted octanol–water partition coefficient (Wildman–Crippen LogP) is 1.81. The summed E-state index contributed by atoms with van der Waals surface area (Å²) < 4.78 is 1.74. The molecular weight excluding hydrogens is 469 g/mol. The number of aromatic nitrogens is 3. The Morgan fingerprint density at radius 3 is 2.57 bits per heavy atom. The van der Waals surface area contributed by atoms with E-state index in [2.05, 4.69) is 50.0 Å². The normalized spacial score (nSPS) is 14.1. The summed E-state index contributed by atoms with van der Waals surface area (Å²) in [7, 11) is 1.87. The molecule has 28 heavy (non-hydrogen) atoms. The van der Waals surface area contributed by atoms with Crippen molar-refractivity contribution in [1.29, 1.82) is 0 Å². The van der Waals surface area contributed by atoms with E-state index in [-0.39, 0.29) is 29.9 Å². The van der Waals surface area contributed by atoms with E-state index < -0.39 is 0 Å². The number of nitrogens with zero attached hydrogens (tertiary/aromatic N) is 5. The highest BCUT2D eigenvalue weighted by Gasteiger charge is 2.19. The van der Waals surface area contributed by atoms with Gasteiger partial charge < -0.3 is 15.5 Å². The van der Waals surface area contributed by atoms with Gasteiger partial charge in [0.05, 0.1) is 13.1 Å². The molecule has 0 unspecified atom stereocenters. The van der Waals surface area contributed by atoms with Gasteiger partial charge in [-0.25, -0.2) is 9.98 Å². The fourth-order valence-corrected chi connectivity index (χ4v) is 3.00. The van der Waals surface area contributed by atoms with Crippen LogP contribution in [0.2, 0.25) is 0 Å². The highest BCUT2D eigenvalue weighted by atomic mass is 127. The number of hydrogen-bond donors (Lipinski definition) is 2. The van der Waals surface area contributed by atoms with Crippen molar-refractivity contribution >= 4 is 35.8 Å². The van der Waals surface area contributed by atoms with Crippen molar-refractivity contribution in [2.24, 2.45) is 12.0 Å². The maximum Gasteiger partial charge on any atom is 0.222 e. The Morgan fingerprint density at radius 1 is 1.21 bits per heavy atom. The van der Waals surface area contributed by atoms with Crippen molar-refractivity contribution < 1.29 is 4.79 Å². The third kappa shape index (κ3) is 6.18. The number of halogens is 1. The lowest BCUT2D eigenvalue weighted by Gasteiger charge is -2.15. The van der Waals surface area contributed by atoms with Crippen LogP contribution in [0, 0.1) is 0 Å². The molecule has 2 aromatic rings. The second kappa shape index (κ2) is 11.0. The molecule has 1 aliphatic rings.